The van der Waals surface area contributed by atoms with Crippen LogP contribution in [0.2, 0.25) is 5.02 Å². The molecule has 3 nitrogen and oxygen atoms in total. The van der Waals surface area contributed by atoms with E-state index in [2.05, 4.69) is 5.10 Å². The molecule has 0 aliphatic carbocycles. The number of aromatic nitrogens is 2. The zero-order valence-electron chi connectivity index (χ0n) is 9.15. The Labute approximate surface area is 103 Å². The van der Waals surface area contributed by atoms with E-state index in [0.29, 0.717) is 10.7 Å². The van der Waals surface area contributed by atoms with Crippen molar-refractivity contribution in [2.45, 2.75) is 6.42 Å². The molecule has 0 spiro atoms. The summed E-state index contributed by atoms with van der Waals surface area (Å²) in [5.74, 6) is -0.457. The molecule has 0 radical (unpaired) electrons. The zero-order valence-corrected chi connectivity index (χ0v) is 9.91. The van der Waals surface area contributed by atoms with E-state index in [0.717, 1.165) is 5.56 Å². The van der Waals surface area contributed by atoms with Crippen LogP contribution in [0.1, 0.15) is 16.1 Å². The van der Waals surface area contributed by atoms with Crippen molar-refractivity contribution in [2.24, 2.45) is 7.05 Å². The molecule has 0 unspecified atom stereocenters. The molecule has 1 aromatic carbocycles. The van der Waals surface area contributed by atoms with E-state index in [1.54, 1.807) is 19.2 Å². The Bertz CT molecular complexity index is 529. The van der Waals surface area contributed by atoms with E-state index in [1.807, 2.05) is 0 Å². The smallest absolute Gasteiger partial charge is 0.186 e. The summed E-state index contributed by atoms with van der Waals surface area (Å²) in [5, 5.41) is 4.23. The molecule has 2 rings (SSSR count). The first kappa shape index (κ1) is 11.8. The Balaban J connectivity index is 2.20. The lowest BCUT2D eigenvalue weighted by Crippen LogP contribution is -2.10. The quantitative estimate of drug-likeness (QED) is 0.787. The van der Waals surface area contributed by atoms with Crippen LogP contribution in [0.3, 0.4) is 0 Å². The second kappa shape index (κ2) is 4.67. The summed E-state index contributed by atoms with van der Waals surface area (Å²) in [5.41, 5.74) is 1.12. The van der Waals surface area contributed by atoms with Crippen LogP contribution in [-0.4, -0.2) is 15.6 Å². The van der Waals surface area contributed by atoms with E-state index in [9.17, 15) is 9.18 Å². The highest BCUT2D eigenvalue weighted by Crippen LogP contribution is 2.16. The van der Waals surface area contributed by atoms with Crippen LogP contribution in [0, 0.1) is 5.82 Å². The van der Waals surface area contributed by atoms with Gasteiger partial charge in [-0.2, -0.15) is 5.10 Å². The summed E-state index contributed by atoms with van der Waals surface area (Å²) in [7, 11) is 1.66. The topological polar surface area (TPSA) is 34.9 Å². The van der Waals surface area contributed by atoms with Gasteiger partial charge in [-0.3, -0.25) is 9.48 Å². The highest BCUT2D eigenvalue weighted by atomic mass is 35.5. The van der Waals surface area contributed by atoms with Gasteiger partial charge in [0.15, 0.2) is 5.78 Å². The minimum absolute atomic E-state index is 0.137. The van der Waals surface area contributed by atoms with E-state index < -0.39 is 0 Å². The van der Waals surface area contributed by atoms with Gasteiger partial charge in [0, 0.05) is 13.5 Å². The third-order valence-corrected chi connectivity index (χ3v) is 2.71. The van der Waals surface area contributed by atoms with Gasteiger partial charge in [-0.05, 0) is 17.7 Å². The maximum absolute atomic E-state index is 12.7. The second-order valence-electron chi connectivity index (χ2n) is 3.69. The van der Waals surface area contributed by atoms with Crippen LogP contribution in [0.5, 0.6) is 0 Å². The van der Waals surface area contributed by atoms with E-state index in [-0.39, 0.29) is 18.0 Å². The Morgan fingerprint density at radius 3 is 2.59 bits per heavy atom. The van der Waals surface area contributed by atoms with E-state index in [1.165, 1.54) is 23.0 Å². The number of hydrogen-bond donors (Lipinski definition) is 0. The summed E-state index contributed by atoms with van der Waals surface area (Å²) in [6.45, 7) is 0. The molecule has 0 saturated heterocycles. The minimum Gasteiger partial charge on any atom is -0.292 e. The van der Waals surface area contributed by atoms with Gasteiger partial charge < -0.3 is 0 Å². The molecule has 0 saturated carbocycles. The van der Waals surface area contributed by atoms with Crippen LogP contribution in [-0.2, 0) is 13.5 Å². The van der Waals surface area contributed by atoms with Gasteiger partial charge in [0.2, 0.25) is 0 Å². The van der Waals surface area contributed by atoms with Crippen LogP contribution < -0.4 is 0 Å². The number of halogens is 2. The van der Waals surface area contributed by atoms with E-state index >= 15 is 0 Å². The fourth-order valence-corrected chi connectivity index (χ4v) is 1.87. The number of hydrogen-bond acceptors (Lipinski definition) is 2. The van der Waals surface area contributed by atoms with Crippen molar-refractivity contribution in [3.63, 3.8) is 0 Å². The molecule has 0 fully saturated rings. The van der Waals surface area contributed by atoms with Crippen molar-refractivity contribution >= 4 is 17.4 Å². The SMILES string of the molecule is Cn1ncc(Cl)c1C(=O)Cc1ccc(F)cc1. The first-order valence-corrected chi connectivity index (χ1v) is 5.41. The summed E-state index contributed by atoms with van der Waals surface area (Å²) in [4.78, 5) is 12.0. The second-order valence-corrected chi connectivity index (χ2v) is 4.10. The van der Waals surface area contributed by atoms with Gasteiger partial charge in [-0.25, -0.2) is 4.39 Å². The van der Waals surface area contributed by atoms with Gasteiger partial charge in [-0.1, -0.05) is 23.7 Å². The molecule has 2 aromatic rings. The lowest BCUT2D eigenvalue weighted by Gasteiger charge is -2.02. The highest BCUT2D eigenvalue weighted by Gasteiger charge is 2.15. The molecule has 0 aliphatic rings. The molecule has 5 heteroatoms. The summed E-state index contributed by atoms with van der Waals surface area (Å²) < 4.78 is 14.1. The van der Waals surface area contributed by atoms with Gasteiger partial charge in [0.1, 0.15) is 11.5 Å². The fourth-order valence-electron chi connectivity index (χ4n) is 1.60. The normalized spacial score (nSPS) is 10.5. The molecule has 0 N–H and O–H groups in total. The van der Waals surface area contributed by atoms with Crippen molar-refractivity contribution in [3.05, 3.63) is 52.6 Å². The average Bonchev–Trinajstić information content (AvgIpc) is 2.62. The first-order valence-electron chi connectivity index (χ1n) is 5.03. The van der Waals surface area contributed by atoms with Crippen molar-refractivity contribution in [2.75, 3.05) is 0 Å². The number of benzene rings is 1. The lowest BCUT2D eigenvalue weighted by molar-refractivity contribution is 0.0984. The predicted molar refractivity (Wildman–Crippen MR) is 62.7 cm³/mol. The summed E-state index contributed by atoms with van der Waals surface area (Å²) in [6, 6.07) is 5.82. The number of carbonyl (C=O) groups is 1. The lowest BCUT2D eigenvalue weighted by atomic mass is 10.1. The molecule has 0 amide bonds. The Kier molecular flexibility index (Phi) is 3.24. The molecule has 0 aliphatic heterocycles. The molecule has 0 atom stereocenters. The van der Waals surface area contributed by atoms with Gasteiger partial charge in [0.05, 0.1) is 11.2 Å². The Morgan fingerprint density at radius 1 is 1.41 bits per heavy atom. The fraction of sp³-hybridized carbons (Fsp3) is 0.167. The number of rotatable bonds is 3. The third-order valence-electron chi connectivity index (χ3n) is 2.44. The van der Waals surface area contributed by atoms with Crippen molar-refractivity contribution in [3.8, 4) is 0 Å². The molecule has 88 valence electrons. The average molecular weight is 253 g/mol. The molecule has 1 heterocycles. The molecular formula is C12H10ClFN2O. The summed E-state index contributed by atoms with van der Waals surface area (Å²) >= 11 is 5.87. The third kappa shape index (κ3) is 2.53. The number of aryl methyl sites for hydroxylation is 1. The molecule has 17 heavy (non-hydrogen) atoms. The number of ketones is 1. The highest BCUT2D eigenvalue weighted by molar-refractivity contribution is 6.33. The first-order chi connectivity index (χ1) is 8.08. The van der Waals surface area contributed by atoms with Crippen LogP contribution in [0.4, 0.5) is 4.39 Å². The Hall–Kier alpha value is -1.68. The minimum atomic E-state index is -0.320. The zero-order chi connectivity index (χ0) is 12.4. The van der Waals surface area contributed by atoms with Crippen LogP contribution in [0.25, 0.3) is 0 Å². The van der Waals surface area contributed by atoms with Crippen molar-refractivity contribution < 1.29 is 9.18 Å². The summed E-state index contributed by atoms with van der Waals surface area (Å²) in [6.07, 6.45) is 1.61. The Morgan fingerprint density at radius 2 is 2.06 bits per heavy atom. The maximum atomic E-state index is 12.7. The monoisotopic (exact) mass is 252 g/mol. The molecule has 0 bridgehead atoms. The van der Waals surface area contributed by atoms with Crippen LogP contribution >= 0.6 is 11.6 Å². The number of Topliss-reactive ketones (excluding diaryl/α,β-unsaturated/α-hetero) is 1. The van der Waals surface area contributed by atoms with Gasteiger partial charge in [0.25, 0.3) is 0 Å². The predicted octanol–water partition coefficient (Wildman–Crippen LogP) is 2.64. The largest absolute Gasteiger partial charge is 0.292 e. The van der Waals surface area contributed by atoms with Crippen LogP contribution in [0.15, 0.2) is 30.5 Å². The standard InChI is InChI=1S/C12H10ClFN2O/c1-16-12(10(13)7-15-16)11(17)6-8-2-4-9(14)5-3-8/h2-5,7H,6H2,1H3. The molecular weight excluding hydrogens is 243 g/mol. The molecule has 1 aromatic heterocycles. The van der Waals surface area contributed by atoms with Gasteiger partial charge in [-0.15, -0.1) is 0 Å². The number of carbonyl (C=O) groups excluding carboxylic acids is 1. The maximum Gasteiger partial charge on any atom is 0.186 e. The van der Waals surface area contributed by atoms with Crippen molar-refractivity contribution in [1.29, 1.82) is 0 Å². The van der Waals surface area contributed by atoms with E-state index in [4.69, 9.17) is 11.6 Å². The van der Waals surface area contributed by atoms with Gasteiger partial charge >= 0.3 is 0 Å². The van der Waals surface area contributed by atoms with Crippen molar-refractivity contribution in [1.82, 2.24) is 9.78 Å². The number of nitrogens with zero attached hydrogens (tertiary/aromatic N) is 2.